The lowest BCUT2D eigenvalue weighted by Gasteiger charge is -2.12. The minimum atomic E-state index is -0.433. The van der Waals surface area contributed by atoms with E-state index in [0.717, 1.165) is 11.3 Å². The summed E-state index contributed by atoms with van der Waals surface area (Å²) < 4.78 is 0. The van der Waals surface area contributed by atoms with Gasteiger partial charge in [0.15, 0.2) is 10.8 Å². The van der Waals surface area contributed by atoms with E-state index in [9.17, 15) is 9.59 Å². The summed E-state index contributed by atoms with van der Waals surface area (Å²) in [5.41, 5.74) is 8.35. The maximum absolute atomic E-state index is 12.4. The van der Waals surface area contributed by atoms with Crippen LogP contribution in [0.5, 0.6) is 0 Å². The summed E-state index contributed by atoms with van der Waals surface area (Å²) in [6, 6.07) is 11.9. The van der Waals surface area contributed by atoms with E-state index in [2.05, 4.69) is 15.2 Å². The van der Waals surface area contributed by atoms with Crippen molar-refractivity contribution >= 4 is 34.0 Å². The molecule has 0 bridgehead atoms. The van der Waals surface area contributed by atoms with Gasteiger partial charge >= 0.3 is 0 Å². The molecule has 0 aliphatic heterocycles. The molecular weight excluding hydrogens is 326 g/mol. The number of nitrogens with one attached hydrogen (secondary N) is 1. The van der Waals surface area contributed by atoms with Crippen LogP contribution in [0.1, 0.15) is 25.7 Å². The Balaban J connectivity index is 1.84. The van der Waals surface area contributed by atoms with E-state index in [1.807, 2.05) is 6.07 Å². The normalized spacial score (nSPS) is 10.4. The van der Waals surface area contributed by atoms with E-state index < -0.39 is 5.78 Å². The van der Waals surface area contributed by atoms with Gasteiger partial charge in [-0.1, -0.05) is 29.5 Å². The highest BCUT2D eigenvalue weighted by molar-refractivity contribution is 7.17. The topological polar surface area (TPSA) is 99.9 Å². The van der Waals surface area contributed by atoms with Crippen molar-refractivity contribution in [3.05, 3.63) is 64.8 Å². The molecule has 119 valence electrons. The first-order chi connectivity index (χ1) is 11.6. The van der Waals surface area contributed by atoms with Gasteiger partial charge < -0.3 is 0 Å². The summed E-state index contributed by atoms with van der Waals surface area (Å²) in [7, 11) is 1.57. The van der Waals surface area contributed by atoms with Crippen molar-refractivity contribution < 1.29 is 9.59 Å². The van der Waals surface area contributed by atoms with E-state index in [4.69, 9.17) is 5.73 Å². The summed E-state index contributed by atoms with van der Waals surface area (Å²) >= 11 is 0.998. The van der Waals surface area contributed by atoms with Crippen molar-refractivity contribution in [3.8, 4) is 0 Å². The number of rotatable bonds is 4. The molecular formula is C16H12N5O2S. The monoisotopic (exact) mass is 338 g/mol. The number of pyridine rings is 1. The van der Waals surface area contributed by atoms with Gasteiger partial charge in [0.1, 0.15) is 0 Å². The largest absolute Gasteiger partial charge is 0.286 e. The van der Waals surface area contributed by atoms with E-state index in [0.29, 0.717) is 10.7 Å². The molecule has 1 N–H and O–H groups in total. The number of amides is 1. The minimum Gasteiger partial charge on any atom is -0.286 e. The van der Waals surface area contributed by atoms with Crippen LogP contribution in [0.4, 0.5) is 10.9 Å². The molecule has 0 saturated carbocycles. The lowest BCUT2D eigenvalue weighted by atomic mass is 10.2. The lowest BCUT2D eigenvalue weighted by molar-refractivity contribution is 0.0991. The summed E-state index contributed by atoms with van der Waals surface area (Å²) in [6.45, 7) is 0. The first-order valence-electron chi connectivity index (χ1n) is 6.96. The maximum atomic E-state index is 12.4. The minimum absolute atomic E-state index is 0.110. The van der Waals surface area contributed by atoms with Crippen LogP contribution in [0.15, 0.2) is 48.7 Å². The first-order valence-corrected chi connectivity index (χ1v) is 7.77. The summed E-state index contributed by atoms with van der Waals surface area (Å²) in [5.74, 6) is -0.793. The number of ketones is 1. The Morgan fingerprint density at radius 1 is 1.08 bits per heavy atom. The van der Waals surface area contributed by atoms with Crippen LogP contribution in [0.3, 0.4) is 0 Å². The fourth-order valence-electron chi connectivity index (χ4n) is 2.01. The summed E-state index contributed by atoms with van der Waals surface area (Å²) in [4.78, 5) is 29.9. The van der Waals surface area contributed by atoms with E-state index >= 15 is 0 Å². The van der Waals surface area contributed by atoms with Crippen molar-refractivity contribution in [2.45, 2.75) is 0 Å². The van der Waals surface area contributed by atoms with Crippen LogP contribution in [-0.2, 0) is 0 Å². The molecule has 0 aliphatic rings. The molecule has 0 saturated heterocycles. The number of anilines is 1. The van der Waals surface area contributed by atoms with Crippen molar-refractivity contribution in [1.29, 1.82) is 0 Å². The number of benzene rings is 1. The molecule has 8 heteroatoms. The molecule has 1 amide bonds. The smallest absolute Gasteiger partial charge is 0.259 e. The van der Waals surface area contributed by atoms with Crippen LogP contribution in [0.25, 0.3) is 0 Å². The number of nitrogens with zero attached hydrogens (tertiary/aromatic N) is 4. The molecule has 2 heterocycles. The van der Waals surface area contributed by atoms with Gasteiger partial charge in [0.2, 0.25) is 10.9 Å². The predicted octanol–water partition coefficient (Wildman–Crippen LogP) is 2.36. The summed E-state index contributed by atoms with van der Waals surface area (Å²) in [5, 5.41) is 8.17. The quantitative estimate of drug-likeness (QED) is 0.680. The highest BCUT2D eigenvalue weighted by atomic mass is 32.1. The molecule has 3 rings (SSSR count). The number of carbonyl (C=O) groups is 2. The highest BCUT2D eigenvalue weighted by Gasteiger charge is 2.22. The van der Waals surface area contributed by atoms with Crippen molar-refractivity contribution in [2.24, 2.45) is 0 Å². The zero-order valence-corrected chi connectivity index (χ0v) is 13.4. The fourth-order valence-corrected chi connectivity index (χ4v) is 2.77. The van der Waals surface area contributed by atoms with Crippen LogP contribution < -0.4 is 10.6 Å². The van der Waals surface area contributed by atoms with Gasteiger partial charge in [-0.15, -0.1) is 10.2 Å². The van der Waals surface area contributed by atoms with Gasteiger partial charge in [-0.25, -0.2) is 4.98 Å². The highest BCUT2D eigenvalue weighted by Crippen LogP contribution is 2.24. The van der Waals surface area contributed by atoms with Crippen molar-refractivity contribution in [1.82, 2.24) is 20.9 Å². The molecule has 0 atom stereocenters. The van der Waals surface area contributed by atoms with Gasteiger partial charge in [0.25, 0.3) is 5.91 Å². The van der Waals surface area contributed by atoms with E-state index in [1.54, 1.807) is 37.4 Å². The molecule has 1 aromatic carbocycles. The molecule has 7 nitrogen and oxygen atoms in total. The maximum Gasteiger partial charge on any atom is 0.259 e. The number of hydrogen-bond acceptors (Lipinski definition) is 6. The second kappa shape index (κ2) is 6.55. The molecule has 0 unspecified atom stereocenters. The molecule has 1 radical (unpaired) electrons. The average molecular weight is 338 g/mol. The Bertz CT molecular complexity index is 894. The van der Waals surface area contributed by atoms with E-state index in [-0.39, 0.29) is 22.3 Å². The van der Waals surface area contributed by atoms with Crippen molar-refractivity contribution in [2.75, 3.05) is 11.9 Å². The Labute approximate surface area is 141 Å². The Kier molecular flexibility index (Phi) is 4.30. The first kappa shape index (κ1) is 15.8. The SMILES string of the molecule is CN(C(=O)c1ccccc1)c1nnc(C(=O)c2cccnc2[NH])s1. The zero-order valence-electron chi connectivity index (χ0n) is 12.6. The standard InChI is InChI=1S/C16H12N5O2S/c1-21(15(23)10-6-3-2-4-7-10)16-20-19-14(24-16)12(22)11-8-5-9-18-13(11)17/h2-9,17H,1H3. The second-order valence-electron chi connectivity index (χ2n) is 4.85. The lowest BCUT2D eigenvalue weighted by Crippen LogP contribution is -2.25. The van der Waals surface area contributed by atoms with E-state index in [1.165, 1.54) is 17.2 Å². The number of hydrogen-bond donors (Lipinski definition) is 0. The van der Waals surface area contributed by atoms with Crippen LogP contribution in [-0.4, -0.2) is 33.9 Å². The fraction of sp³-hybridized carbons (Fsp3) is 0.0625. The van der Waals surface area contributed by atoms with Crippen LogP contribution in [0.2, 0.25) is 0 Å². The Morgan fingerprint density at radius 3 is 2.54 bits per heavy atom. The third kappa shape index (κ3) is 2.99. The zero-order chi connectivity index (χ0) is 17.1. The van der Waals surface area contributed by atoms with Gasteiger partial charge in [-0.05, 0) is 24.3 Å². The van der Waals surface area contributed by atoms with Gasteiger partial charge in [0.05, 0.1) is 5.56 Å². The predicted molar refractivity (Wildman–Crippen MR) is 89.5 cm³/mol. The molecule has 0 fully saturated rings. The molecule has 24 heavy (non-hydrogen) atoms. The van der Waals surface area contributed by atoms with Crippen LogP contribution >= 0.6 is 11.3 Å². The van der Waals surface area contributed by atoms with Gasteiger partial charge in [0, 0.05) is 18.8 Å². The summed E-state index contributed by atoms with van der Waals surface area (Å²) in [6.07, 6.45) is 1.44. The molecule has 0 aliphatic carbocycles. The van der Waals surface area contributed by atoms with Gasteiger partial charge in [-0.2, -0.15) is 0 Å². The number of carbonyl (C=O) groups excluding carboxylic acids is 2. The number of aromatic nitrogens is 3. The third-order valence-corrected chi connectivity index (χ3v) is 4.27. The molecule has 3 aromatic rings. The average Bonchev–Trinajstić information content (AvgIpc) is 3.11. The van der Waals surface area contributed by atoms with Crippen LogP contribution in [0, 0.1) is 0 Å². The third-order valence-electron chi connectivity index (χ3n) is 3.27. The molecule has 0 spiro atoms. The second-order valence-corrected chi connectivity index (χ2v) is 5.80. The Morgan fingerprint density at radius 2 is 1.83 bits per heavy atom. The Hall–Kier alpha value is -3.13. The van der Waals surface area contributed by atoms with Crippen molar-refractivity contribution in [3.63, 3.8) is 0 Å². The van der Waals surface area contributed by atoms with Gasteiger partial charge in [-0.3, -0.25) is 20.2 Å². The molecule has 2 aromatic heterocycles.